The Balaban J connectivity index is 1.25. The number of ether oxygens (including phenoxy) is 1. The molecular formula is C23H24N2O5S. The Hall–Kier alpha value is -2.55. The maximum Gasteiger partial charge on any atom is 0.335 e. The Labute approximate surface area is 184 Å². The molecule has 2 fully saturated rings. The second kappa shape index (κ2) is 7.85. The summed E-state index contributed by atoms with van der Waals surface area (Å²) in [5.74, 6) is -1.34. The molecule has 1 spiro atoms. The number of piperidine rings is 1. The first-order chi connectivity index (χ1) is 15.0. The van der Waals surface area contributed by atoms with Gasteiger partial charge in [-0.3, -0.25) is 19.4 Å². The lowest BCUT2D eigenvalue weighted by Gasteiger charge is -2.44. The van der Waals surface area contributed by atoms with Gasteiger partial charge in [-0.1, -0.05) is 12.1 Å². The molecule has 5 rings (SSSR count). The fourth-order valence-electron chi connectivity index (χ4n) is 4.98. The maximum atomic E-state index is 13.1. The van der Waals surface area contributed by atoms with Crippen LogP contribution in [0.4, 0.5) is 0 Å². The third kappa shape index (κ3) is 3.58. The lowest BCUT2D eigenvalue weighted by Crippen LogP contribution is -2.51. The molecule has 1 aromatic carbocycles. The fraction of sp³-hybridized carbons (Fsp3) is 0.435. The van der Waals surface area contributed by atoms with Crippen LogP contribution < -0.4 is 0 Å². The number of carbonyl (C=O) groups is 3. The van der Waals surface area contributed by atoms with E-state index in [4.69, 9.17) is 9.84 Å². The van der Waals surface area contributed by atoms with Crippen molar-refractivity contribution in [1.82, 2.24) is 9.80 Å². The van der Waals surface area contributed by atoms with Crippen LogP contribution >= 0.6 is 11.3 Å². The van der Waals surface area contributed by atoms with E-state index < -0.39 is 12.0 Å². The third-order valence-corrected chi connectivity index (χ3v) is 7.86. The number of fused-ring (bicyclic) bond motifs is 2. The highest BCUT2D eigenvalue weighted by molar-refractivity contribution is 7.10. The normalized spacial score (nSPS) is 23.4. The number of carboxylic acids is 1. The van der Waals surface area contributed by atoms with Crippen LogP contribution in [-0.4, -0.2) is 58.4 Å². The largest absolute Gasteiger partial charge is 0.478 e. The van der Waals surface area contributed by atoms with Gasteiger partial charge in [0.1, 0.15) is 5.60 Å². The number of hydrogen-bond donors (Lipinski definition) is 1. The van der Waals surface area contributed by atoms with E-state index in [0.29, 0.717) is 0 Å². The van der Waals surface area contributed by atoms with Crippen LogP contribution in [0.25, 0.3) is 0 Å². The summed E-state index contributed by atoms with van der Waals surface area (Å²) in [4.78, 5) is 41.4. The molecule has 31 heavy (non-hydrogen) atoms. The van der Waals surface area contributed by atoms with Gasteiger partial charge in [-0.2, -0.15) is 0 Å². The average Bonchev–Trinajstić information content (AvgIpc) is 3.36. The van der Waals surface area contributed by atoms with E-state index in [-0.39, 0.29) is 35.9 Å². The van der Waals surface area contributed by atoms with Gasteiger partial charge in [0, 0.05) is 18.0 Å². The first-order valence-corrected chi connectivity index (χ1v) is 11.5. The Morgan fingerprint density at radius 2 is 1.90 bits per heavy atom. The number of imide groups is 1. The molecule has 0 bridgehead atoms. The van der Waals surface area contributed by atoms with Gasteiger partial charge in [0.05, 0.1) is 31.2 Å². The molecule has 0 radical (unpaired) electrons. The molecule has 162 valence electrons. The number of amides is 2. The van der Waals surface area contributed by atoms with Gasteiger partial charge in [0.2, 0.25) is 11.8 Å². The van der Waals surface area contributed by atoms with E-state index in [9.17, 15) is 14.4 Å². The van der Waals surface area contributed by atoms with E-state index >= 15 is 0 Å². The van der Waals surface area contributed by atoms with Crippen LogP contribution in [0, 0.1) is 0 Å². The third-order valence-electron chi connectivity index (χ3n) is 6.72. The molecule has 1 aromatic heterocycles. The summed E-state index contributed by atoms with van der Waals surface area (Å²) in [6, 6.07) is 8.06. The molecule has 1 atom stereocenters. The molecule has 7 nitrogen and oxygen atoms in total. The molecule has 8 heteroatoms. The number of benzene rings is 1. The zero-order valence-electron chi connectivity index (χ0n) is 17.1. The average molecular weight is 441 g/mol. The summed E-state index contributed by atoms with van der Waals surface area (Å²) in [6.07, 6.45) is 2.82. The van der Waals surface area contributed by atoms with Crippen molar-refractivity contribution < 1.29 is 24.2 Å². The van der Waals surface area contributed by atoms with Crippen LogP contribution in [0.2, 0.25) is 0 Å². The van der Waals surface area contributed by atoms with Crippen molar-refractivity contribution in [2.24, 2.45) is 0 Å². The highest BCUT2D eigenvalue weighted by Crippen LogP contribution is 2.44. The van der Waals surface area contributed by atoms with Crippen molar-refractivity contribution in [1.29, 1.82) is 0 Å². The summed E-state index contributed by atoms with van der Waals surface area (Å²) in [6.45, 7) is 2.36. The van der Waals surface area contributed by atoms with Gasteiger partial charge in [-0.25, -0.2) is 4.79 Å². The lowest BCUT2D eigenvalue weighted by molar-refractivity contribution is -0.142. The lowest BCUT2D eigenvalue weighted by atomic mass is 9.85. The zero-order chi connectivity index (χ0) is 21.6. The number of nitrogens with zero attached hydrogens (tertiary/aromatic N) is 2. The molecule has 3 aliphatic heterocycles. The topological polar surface area (TPSA) is 87.2 Å². The molecule has 2 aromatic rings. The number of aromatic carboxylic acids is 1. The molecule has 0 aliphatic carbocycles. The van der Waals surface area contributed by atoms with E-state index in [1.54, 1.807) is 23.5 Å². The Bertz CT molecular complexity index is 1020. The minimum absolute atomic E-state index is 0.162. The summed E-state index contributed by atoms with van der Waals surface area (Å²) >= 11 is 1.76. The minimum atomic E-state index is -1.00. The Morgan fingerprint density at radius 3 is 2.61 bits per heavy atom. The number of hydrogen-bond acceptors (Lipinski definition) is 6. The van der Waals surface area contributed by atoms with Crippen molar-refractivity contribution in [2.45, 2.75) is 43.9 Å². The minimum Gasteiger partial charge on any atom is -0.478 e. The summed E-state index contributed by atoms with van der Waals surface area (Å²) in [5.41, 5.74) is 2.07. The fourth-order valence-corrected chi connectivity index (χ4v) is 6.14. The van der Waals surface area contributed by atoms with Crippen LogP contribution in [0.3, 0.4) is 0 Å². The summed E-state index contributed by atoms with van der Waals surface area (Å²) in [7, 11) is 0. The van der Waals surface area contributed by atoms with Crippen LogP contribution in [0.15, 0.2) is 35.7 Å². The molecule has 0 saturated carbocycles. The van der Waals surface area contributed by atoms with Crippen LogP contribution in [0.5, 0.6) is 0 Å². The summed E-state index contributed by atoms with van der Waals surface area (Å²) in [5, 5.41) is 11.2. The van der Waals surface area contributed by atoms with E-state index in [0.717, 1.165) is 44.5 Å². The highest BCUT2D eigenvalue weighted by atomic mass is 32.1. The monoisotopic (exact) mass is 440 g/mol. The molecule has 4 heterocycles. The Morgan fingerprint density at radius 1 is 1.16 bits per heavy atom. The molecule has 2 saturated heterocycles. The van der Waals surface area contributed by atoms with Gasteiger partial charge in [0.25, 0.3) is 0 Å². The van der Waals surface area contributed by atoms with Crippen molar-refractivity contribution in [3.05, 3.63) is 57.3 Å². The van der Waals surface area contributed by atoms with Gasteiger partial charge < -0.3 is 9.84 Å². The molecule has 1 unspecified atom stereocenters. The van der Waals surface area contributed by atoms with Gasteiger partial charge in [-0.15, -0.1) is 11.3 Å². The summed E-state index contributed by atoms with van der Waals surface area (Å²) < 4.78 is 6.26. The SMILES string of the molecule is O=C(O)c1ccc(CN2C(=O)CC(N3CCC4(CC3)OCCc3ccsc34)C2=O)cc1. The number of likely N-dealkylation sites (tertiary alicyclic amines) is 2. The van der Waals surface area contributed by atoms with Gasteiger partial charge in [0.15, 0.2) is 0 Å². The smallest absolute Gasteiger partial charge is 0.335 e. The molecule has 1 N–H and O–H groups in total. The predicted octanol–water partition coefficient (Wildman–Crippen LogP) is 2.64. The molecular weight excluding hydrogens is 416 g/mol. The van der Waals surface area contributed by atoms with Crippen LogP contribution in [0.1, 0.15) is 45.6 Å². The maximum absolute atomic E-state index is 13.1. The highest BCUT2D eigenvalue weighted by Gasteiger charge is 2.47. The van der Waals surface area contributed by atoms with Crippen LogP contribution in [-0.2, 0) is 32.9 Å². The molecule has 3 aliphatic rings. The Kier molecular flexibility index (Phi) is 5.16. The second-order valence-corrected chi connectivity index (χ2v) is 9.36. The second-order valence-electron chi connectivity index (χ2n) is 8.44. The number of carbonyl (C=O) groups excluding carboxylic acids is 2. The van der Waals surface area contributed by atoms with Crippen molar-refractivity contribution >= 4 is 29.1 Å². The van der Waals surface area contributed by atoms with Crippen molar-refractivity contribution in [2.75, 3.05) is 19.7 Å². The van der Waals surface area contributed by atoms with E-state index in [1.165, 1.54) is 27.5 Å². The first-order valence-electron chi connectivity index (χ1n) is 10.6. The van der Waals surface area contributed by atoms with Gasteiger partial charge >= 0.3 is 5.97 Å². The standard InChI is InChI=1S/C23H24N2O5S/c26-19-13-18(21(27)25(19)14-15-1-3-17(4-2-15)22(28)29)24-9-7-23(8-10-24)20-16(5-11-30-23)6-12-31-20/h1-4,6,12,18H,5,7-11,13-14H2,(H,28,29). The zero-order valence-corrected chi connectivity index (χ0v) is 17.9. The van der Waals surface area contributed by atoms with Crippen molar-refractivity contribution in [3.8, 4) is 0 Å². The number of thiophene rings is 1. The molecule has 2 amide bonds. The number of carboxylic acid groups (broad SMARTS) is 1. The predicted molar refractivity (Wildman–Crippen MR) is 114 cm³/mol. The van der Waals surface area contributed by atoms with Crippen molar-refractivity contribution in [3.63, 3.8) is 0 Å². The van der Waals surface area contributed by atoms with E-state index in [1.807, 2.05) is 0 Å². The van der Waals surface area contributed by atoms with E-state index in [2.05, 4.69) is 16.3 Å². The first kappa shape index (κ1) is 20.4. The van der Waals surface area contributed by atoms with Gasteiger partial charge in [-0.05, 0) is 54.0 Å². The number of rotatable bonds is 4. The quantitative estimate of drug-likeness (QED) is 0.736.